The highest BCUT2D eigenvalue weighted by molar-refractivity contribution is 5.42. The van der Waals surface area contributed by atoms with Crippen molar-refractivity contribution in [2.45, 2.75) is 32.4 Å². The summed E-state index contributed by atoms with van der Waals surface area (Å²) in [4.78, 5) is 2.21. The van der Waals surface area contributed by atoms with Crippen molar-refractivity contribution in [2.75, 3.05) is 34.9 Å². The molecule has 0 aromatic heterocycles. The lowest BCUT2D eigenvalue weighted by Gasteiger charge is -2.23. The van der Waals surface area contributed by atoms with E-state index in [4.69, 9.17) is 9.47 Å². The van der Waals surface area contributed by atoms with Crippen molar-refractivity contribution in [3.05, 3.63) is 23.8 Å². The summed E-state index contributed by atoms with van der Waals surface area (Å²) >= 11 is 0. The van der Waals surface area contributed by atoms with E-state index in [1.165, 1.54) is 0 Å². The minimum Gasteiger partial charge on any atom is -0.497 e. The maximum Gasteiger partial charge on any atom is 0.127 e. The predicted octanol–water partition coefficient (Wildman–Crippen LogP) is 2.69. The first-order chi connectivity index (χ1) is 9.47. The average molecular weight is 280 g/mol. The van der Waals surface area contributed by atoms with Crippen LogP contribution in [0.3, 0.4) is 0 Å². The lowest BCUT2D eigenvalue weighted by atomic mass is 10.1. The van der Waals surface area contributed by atoms with Crippen LogP contribution in [0.15, 0.2) is 18.2 Å². The molecule has 4 heteroatoms. The summed E-state index contributed by atoms with van der Waals surface area (Å²) in [6.07, 6.45) is 1.12. The van der Waals surface area contributed by atoms with Gasteiger partial charge in [0, 0.05) is 23.7 Å². The minimum atomic E-state index is 0.244. The molecule has 20 heavy (non-hydrogen) atoms. The molecule has 1 aromatic carbocycles. The number of nitrogens with one attached hydrogen (secondary N) is 1. The molecule has 0 aliphatic heterocycles. The Morgan fingerprint density at radius 1 is 1.15 bits per heavy atom. The van der Waals surface area contributed by atoms with Gasteiger partial charge in [-0.1, -0.05) is 6.07 Å². The third kappa shape index (κ3) is 5.02. The zero-order chi connectivity index (χ0) is 15.1. The van der Waals surface area contributed by atoms with Gasteiger partial charge in [-0.15, -0.1) is 0 Å². The van der Waals surface area contributed by atoms with Gasteiger partial charge in [-0.05, 0) is 47.0 Å². The normalized spacial score (nSPS) is 14.2. The van der Waals surface area contributed by atoms with Crippen LogP contribution in [0.2, 0.25) is 0 Å². The maximum atomic E-state index is 5.46. The van der Waals surface area contributed by atoms with Gasteiger partial charge in [-0.2, -0.15) is 0 Å². The van der Waals surface area contributed by atoms with Gasteiger partial charge in [0.1, 0.15) is 11.5 Å². The summed E-state index contributed by atoms with van der Waals surface area (Å²) in [5, 5.41) is 3.62. The molecule has 0 fully saturated rings. The van der Waals surface area contributed by atoms with Crippen LogP contribution in [-0.4, -0.2) is 45.8 Å². The average Bonchev–Trinajstić information content (AvgIpc) is 2.44. The van der Waals surface area contributed by atoms with Crippen LogP contribution in [0.5, 0.6) is 11.5 Å². The van der Waals surface area contributed by atoms with E-state index in [1.54, 1.807) is 14.2 Å². The molecular weight excluding hydrogens is 252 g/mol. The number of benzene rings is 1. The molecule has 1 rings (SSSR count). The molecule has 0 bridgehead atoms. The fraction of sp³-hybridized carbons (Fsp3) is 0.625. The molecule has 0 radical (unpaired) electrons. The second-order valence-electron chi connectivity index (χ2n) is 5.49. The van der Waals surface area contributed by atoms with Crippen molar-refractivity contribution in [1.82, 2.24) is 10.2 Å². The van der Waals surface area contributed by atoms with E-state index >= 15 is 0 Å². The summed E-state index contributed by atoms with van der Waals surface area (Å²) in [6, 6.07) is 6.67. The Morgan fingerprint density at radius 2 is 1.85 bits per heavy atom. The monoisotopic (exact) mass is 280 g/mol. The van der Waals surface area contributed by atoms with E-state index in [9.17, 15) is 0 Å². The van der Waals surface area contributed by atoms with Crippen LogP contribution in [0.4, 0.5) is 0 Å². The molecule has 114 valence electrons. The number of hydrogen-bond donors (Lipinski definition) is 1. The molecule has 0 saturated carbocycles. The number of rotatable bonds is 8. The Kier molecular flexibility index (Phi) is 6.82. The lowest BCUT2D eigenvalue weighted by Crippen LogP contribution is -2.32. The molecule has 0 spiro atoms. The van der Waals surface area contributed by atoms with E-state index in [-0.39, 0.29) is 6.04 Å². The standard InChI is InChI=1S/C16H28N2O2/c1-12(9-10-18(3)4)17-13(2)15-8-7-14(19-5)11-16(15)20-6/h7-8,11-13,17H,9-10H2,1-6H3. The summed E-state index contributed by atoms with van der Waals surface area (Å²) in [5.74, 6) is 1.68. The molecule has 0 heterocycles. The minimum absolute atomic E-state index is 0.244. The largest absolute Gasteiger partial charge is 0.497 e. The van der Waals surface area contributed by atoms with Crippen LogP contribution in [0.1, 0.15) is 31.9 Å². The fourth-order valence-corrected chi connectivity index (χ4v) is 2.23. The van der Waals surface area contributed by atoms with Crippen LogP contribution >= 0.6 is 0 Å². The van der Waals surface area contributed by atoms with Gasteiger partial charge in [0.2, 0.25) is 0 Å². The van der Waals surface area contributed by atoms with Crippen LogP contribution in [-0.2, 0) is 0 Å². The number of nitrogens with zero attached hydrogens (tertiary/aromatic N) is 1. The highest BCUT2D eigenvalue weighted by Crippen LogP contribution is 2.29. The summed E-state index contributed by atoms with van der Waals surface area (Å²) < 4.78 is 10.7. The first-order valence-electron chi connectivity index (χ1n) is 7.10. The van der Waals surface area contributed by atoms with Crippen molar-refractivity contribution in [3.8, 4) is 11.5 Å². The van der Waals surface area contributed by atoms with Crippen LogP contribution in [0, 0.1) is 0 Å². The molecule has 0 saturated heterocycles. The Balaban J connectivity index is 2.69. The topological polar surface area (TPSA) is 33.7 Å². The van der Waals surface area contributed by atoms with E-state index in [1.807, 2.05) is 12.1 Å². The van der Waals surface area contributed by atoms with Crippen molar-refractivity contribution in [2.24, 2.45) is 0 Å². The molecule has 0 aliphatic rings. The lowest BCUT2D eigenvalue weighted by molar-refractivity contribution is 0.348. The molecule has 0 aliphatic carbocycles. The van der Waals surface area contributed by atoms with Gasteiger partial charge >= 0.3 is 0 Å². The van der Waals surface area contributed by atoms with Crippen molar-refractivity contribution < 1.29 is 9.47 Å². The summed E-state index contributed by atoms with van der Waals surface area (Å²) in [5.41, 5.74) is 1.16. The third-order valence-corrected chi connectivity index (χ3v) is 3.45. The first kappa shape index (κ1) is 16.8. The van der Waals surface area contributed by atoms with Crippen molar-refractivity contribution >= 4 is 0 Å². The van der Waals surface area contributed by atoms with E-state index in [0.717, 1.165) is 30.0 Å². The number of ether oxygens (including phenoxy) is 2. The Labute approximate surface area is 123 Å². The highest BCUT2D eigenvalue weighted by Gasteiger charge is 2.14. The summed E-state index contributed by atoms with van der Waals surface area (Å²) in [7, 11) is 7.56. The number of methoxy groups -OCH3 is 2. The Morgan fingerprint density at radius 3 is 2.40 bits per heavy atom. The van der Waals surface area contributed by atoms with Gasteiger partial charge < -0.3 is 19.7 Å². The molecule has 4 nitrogen and oxygen atoms in total. The predicted molar refractivity (Wildman–Crippen MR) is 83.7 cm³/mol. The zero-order valence-electron chi connectivity index (χ0n) is 13.6. The van der Waals surface area contributed by atoms with E-state index in [0.29, 0.717) is 6.04 Å². The maximum absolute atomic E-state index is 5.46. The van der Waals surface area contributed by atoms with Gasteiger partial charge in [0.15, 0.2) is 0 Å². The quantitative estimate of drug-likeness (QED) is 0.794. The van der Waals surface area contributed by atoms with E-state index < -0.39 is 0 Å². The van der Waals surface area contributed by atoms with Crippen LogP contribution < -0.4 is 14.8 Å². The highest BCUT2D eigenvalue weighted by atomic mass is 16.5. The number of hydrogen-bond acceptors (Lipinski definition) is 4. The zero-order valence-corrected chi connectivity index (χ0v) is 13.6. The van der Waals surface area contributed by atoms with Crippen LogP contribution in [0.25, 0.3) is 0 Å². The summed E-state index contributed by atoms with van der Waals surface area (Å²) in [6.45, 7) is 5.47. The molecule has 1 aromatic rings. The SMILES string of the molecule is COc1ccc(C(C)NC(C)CCN(C)C)c(OC)c1. The van der Waals surface area contributed by atoms with Gasteiger partial charge in [-0.3, -0.25) is 0 Å². The molecule has 0 amide bonds. The van der Waals surface area contributed by atoms with E-state index in [2.05, 4.69) is 44.2 Å². The Hall–Kier alpha value is -1.26. The molecule has 1 N–H and O–H groups in total. The smallest absolute Gasteiger partial charge is 0.127 e. The Bertz CT molecular complexity index is 407. The third-order valence-electron chi connectivity index (χ3n) is 3.45. The second-order valence-corrected chi connectivity index (χ2v) is 5.49. The van der Waals surface area contributed by atoms with Gasteiger partial charge in [-0.25, -0.2) is 0 Å². The second kappa shape index (κ2) is 8.12. The van der Waals surface area contributed by atoms with Crippen molar-refractivity contribution in [3.63, 3.8) is 0 Å². The first-order valence-corrected chi connectivity index (χ1v) is 7.10. The fourth-order valence-electron chi connectivity index (χ4n) is 2.23. The molecular formula is C16H28N2O2. The van der Waals surface area contributed by atoms with Crippen molar-refractivity contribution in [1.29, 1.82) is 0 Å². The molecule has 2 atom stereocenters. The van der Waals surface area contributed by atoms with Gasteiger partial charge in [0.05, 0.1) is 14.2 Å². The van der Waals surface area contributed by atoms with Gasteiger partial charge in [0.25, 0.3) is 0 Å². The molecule has 2 unspecified atom stereocenters.